The number of carboxylic acids is 2. The number of carboxylic acid groups (broad SMARTS) is 2. The van der Waals surface area contributed by atoms with Crippen molar-refractivity contribution in [2.75, 3.05) is 0 Å². The van der Waals surface area contributed by atoms with Gasteiger partial charge >= 0.3 is 11.9 Å². The third kappa shape index (κ3) is 6.04. The van der Waals surface area contributed by atoms with E-state index in [1.54, 1.807) is 12.5 Å². The van der Waals surface area contributed by atoms with Gasteiger partial charge in [-0.2, -0.15) is 0 Å². The number of rotatable bonds is 11. The summed E-state index contributed by atoms with van der Waals surface area (Å²) in [7, 11) is 0. The van der Waals surface area contributed by atoms with Crippen molar-refractivity contribution in [3.05, 3.63) is 78.4 Å². The van der Waals surface area contributed by atoms with Crippen molar-refractivity contribution in [2.45, 2.75) is 45.3 Å². The molecule has 2 aromatic carbocycles. The maximum absolute atomic E-state index is 11.9. The van der Waals surface area contributed by atoms with Gasteiger partial charge in [0.1, 0.15) is 12.1 Å². The Morgan fingerprint density at radius 2 is 1.62 bits per heavy atom. The zero-order chi connectivity index (χ0) is 23.1. The third-order valence-electron chi connectivity index (χ3n) is 5.36. The van der Waals surface area contributed by atoms with Gasteiger partial charge in [-0.25, -0.2) is 4.98 Å². The molecule has 0 radical (unpaired) electrons. The van der Waals surface area contributed by atoms with Gasteiger partial charge in [-0.05, 0) is 29.0 Å². The van der Waals surface area contributed by atoms with Crippen LogP contribution >= 0.6 is 0 Å². The largest absolute Gasteiger partial charge is 0.480 e. The molecule has 0 fully saturated rings. The van der Waals surface area contributed by atoms with E-state index < -0.39 is 24.0 Å². The molecule has 0 aliphatic carbocycles. The summed E-state index contributed by atoms with van der Waals surface area (Å²) < 4.78 is 1.91. The van der Waals surface area contributed by atoms with E-state index in [0.29, 0.717) is 13.0 Å². The highest BCUT2D eigenvalue weighted by atomic mass is 16.4. The number of aromatic nitrogens is 2. The summed E-state index contributed by atoms with van der Waals surface area (Å²) in [6.45, 7) is 4.35. The first kappa shape index (κ1) is 23.2. The molecule has 3 rings (SSSR count). The second-order valence-electron chi connectivity index (χ2n) is 8.32. The summed E-state index contributed by atoms with van der Waals surface area (Å²) in [5.74, 6) is -2.01. The molecular formula is C25H29N3O4. The molecule has 7 heteroatoms. The summed E-state index contributed by atoms with van der Waals surface area (Å²) in [6, 6.07) is 16.2. The van der Waals surface area contributed by atoms with Crippen LogP contribution in [-0.4, -0.2) is 43.8 Å². The van der Waals surface area contributed by atoms with E-state index >= 15 is 0 Å². The summed E-state index contributed by atoms with van der Waals surface area (Å²) >= 11 is 0. The zero-order valence-corrected chi connectivity index (χ0v) is 18.3. The minimum atomic E-state index is -1.09. The fraction of sp³-hybridized carbons (Fsp3) is 0.320. The molecule has 1 heterocycles. The van der Waals surface area contributed by atoms with Crippen LogP contribution in [0.2, 0.25) is 0 Å². The van der Waals surface area contributed by atoms with Crippen LogP contribution in [0.1, 0.15) is 31.5 Å². The van der Waals surface area contributed by atoms with E-state index in [1.807, 2.05) is 54.8 Å². The Kier molecular flexibility index (Phi) is 7.78. The smallest absolute Gasteiger partial charge is 0.321 e. The lowest BCUT2D eigenvalue weighted by atomic mass is 9.99. The molecule has 1 aromatic heterocycles. The van der Waals surface area contributed by atoms with Crippen molar-refractivity contribution >= 4 is 11.9 Å². The molecule has 7 nitrogen and oxygen atoms in total. The molecule has 32 heavy (non-hydrogen) atoms. The molecule has 168 valence electrons. The molecular weight excluding hydrogens is 406 g/mol. The van der Waals surface area contributed by atoms with Crippen LogP contribution in [0.3, 0.4) is 0 Å². The molecule has 0 aliphatic rings. The summed E-state index contributed by atoms with van der Waals surface area (Å²) in [5, 5.41) is 22.0. The van der Waals surface area contributed by atoms with Crippen molar-refractivity contribution in [1.82, 2.24) is 14.9 Å². The van der Waals surface area contributed by atoms with Crippen molar-refractivity contribution in [3.8, 4) is 11.1 Å². The highest BCUT2D eigenvalue weighted by molar-refractivity contribution is 5.77. The quantitative estimate of drug-likeness (QED) is 0.424. The lowest BCUT2D eigenvalue weighted by Crippen LogP contribution is -2.49. The van der Waals surface area contributed by atoms with E-state index in [-0.39, 0.29) is 12.3 Å². The molecule has 0 saturated heterocycles. The van der Waals surface area contributed by atoms with Crippen molar-refractivity contribution in [1.29, 1.82) is 0 Å². The number of benzene rings is 2. The molecule has 3 aromatic rings. The minimum Gasteiger partial charge on any atom is -0.480 e. The molecule has 0 spiro atoms. The average molecular weight is 436 g/mol. The van der Waals surface area contributed by atoms with E-state index in [0.717, 1.165) is 22.4 Å². The second-order valence-corrected chi connectivity index (χ2v) is 8.32. The van der Waals surface area contributed by atoms with Gasteiger partial charge in [-0.1, -0.05) is 68.4 Å². The fourth-order valence-electron chi connectivity index (χ4n) is 3.78. The van der Waals surface area contributed by atoms with E-state index in [2.05, 4.69) is 28.5 Å². The van der Waals surface area contributed by atoms with E-state index in [1.165, 1.54) is 0 Å². The number of hydrogen-bond acceptors (Lipinski definition) is 4. The van der Waals surface area contributed by atoms with Gasteiger partial charge in [-0.3, -0.25) is 14.9 Å². The number of nitrogens with zero attached hydrogens (tertiary/aromatic N) is 2. The average Bonchev–Trinajstić information content (AvgIpc) is 3.19. The van der Waals surface area contributed by atoms with Gasteiger partial charge < -0.3 is 14.8 Å². The summed E-state index contributed by atoms with van der Waals surface area (Å²) in [5.41, 5.74) is 4.01. The fourth-order valence-corrected chi connectivity index (χ4v) is 3.78. The van der Waals surface area contributed by atoms with Crippen LogP contribution in [0.15, 0.2) is 67.1 Å². The lowest BCUT2D eigenvalue weighted by molar-refractivity contribution is -0.142. The van der Waals surface area contributed by atoms with Gasteiger partial charge in [0, 0.05) is 24.9 Å². The first-order valence-electron chi connectivity index (χ1n) is 10.7. The maximum Gasteiger partial charge on any atom is 0.321 e. The second kappa shape index (κ2) is 10.7. The number of hydrogen-bond donors (Lipinski definition) is 3. The summed E-state index contributed by atoms with van der Waals surface area (Å²) in [4.78, 5) is 27.7. The number of nitrogens with one attached hydrogen (secondary N) is 1. The van der Waals surface area contributed by atoms with Gasteiger partial charge in [0.15, 0.2) is 0 Å². The minimum absolute atomic E-state index is 0.123. The van der Waals surface area contributed by atoms with Crippen LogP contribution in [0.4, 0.5) is 0 Å². The standard InChI is InChI=1S/C25H29N3O4/c1-17(2)12-22(24(29)30)27-23(25(31)32)13-20-14-26-16-28(20)15-19-10-6-7-11-21(19)18-8-4-3-5-9-18/h3-11,14,16-17,22-23,27H,12-13,15H2,1-2H3,(H,29,30)(H,31,32). The summed E-state index contributed by atoms with van der Waals surface area (Å²) in [6.07, 6.45) is 3.80. The third-order valence-corrected chi connectivity index (χ3v) is 5.36. The first-order chi connectivity index (χ1) is 15.3. The van der Waals surface area contributed by atoms with Gasteiger partial charge in [0.2, 0.25) is 0 Å². The molecule has 0 aliphatic heterocycles. The Balaban J connectivity index is 1.81. The van der Waals surface area contributed by atoms with Gasteiger partial charge in [0.05, 0.1) is 6.33 Å². The SMILES string of the molecule is CC(C)CC(NC(Cc1cncn1Cc1ccccc1-c1ccccc1)C(=O)O)C(=O)O. The van der Waals surface area contributed by atoms with Crippen molar-refractivity contribution in [3.63, 3.8) is 0 Å². The topological polar surface area (TPSA) is 104 Å². The predicted octanol–water partition coefficient (Wildman–Crippen LogP) is 3.68. The molecule has 2 unspecified atom stereocenters. The predicted molar refractivity (Wildman–Crippen MR) is 122 cm³/mol. The Morgan fingerprint density at radius 3 is 2.28 bits per heavy atom. The van der Waals surface area contributed by atoms with Gasteiger partial charge in [0.25, 0.3) is 0 Å². The van der Waals surface area contributed by atoms with Crippen LogP contribution in [0.5, 0.6) is 0 Å². The highest BCUT2D eigenvalue weighted by Crippen LogP contribution is 2.24. The number of imidazole rings is 1. The molecule has 3 N–H and O–H groups in total. The zero-order valence-electron chi connectivity index (χ0n) is 18.3. The lowest BCUT2D eigenvalue weighted by Gasteiger charge is -2.22. The first-order valence-corrected chi connectivity index (χ1v) is 10.7. The molecule has 0 amide bonds. The van der Waals surface area contributed by atoms with Crippen LogP contribution in [-0.2, 0) is 22.6 Å². The molecule has 0 bridgehead atoms. The van der Waals surface area contributed by atoms with Crippen LogP contribution in [0, 0.1) is 5.92 Å². The molecule has 0 saturated carbocycles. The van der Waals surface area contributed by atoms with Crippen molar-refractivity contribution < 1.29 is 19.8 Å². The maximum atomic E-state index is 11.9. The van der Waals surface area contributed by atoms with Gasteiger partial charge in [-0.15, -0.1) is 0 Å². The Bertz CT molecular complexity index is 1050. The Labute approximate surface area is 187 Å². The van der Waals surface area contributed by atoms with Crippen molar-refractivity contribution in [2.24, 2.45) is 5.92 Å². The van der Waals surface area contributed by atoms with E-state index in [4.69, 9.17) is 0 Å². The normalized spacial score (nSPS) is 13.1. The number of aliphatic carboxylic acids is 2. The monoisotopic (exact) mass is 435 g/mol. The Morgan fingerprint density at radius 1 is 0.969 bits per heavy atom. The van der Waals surface area contributed by atoms with Crippen LogP contribution in [0.25, 0.3) is 11.1 Å². The highest BCUT2D eigenvalue weighted by Gasteiger charge is 2.27. The number of carbonyl (C=O) groups is 2. The van der Waals surface area contributed by atoms with E-state index in [9.17, 15) is 19.8 Å². The molecule has 2 atom stereocenters. The van der Waals surface area contributed by atoms with Crippen LogP contribution < -0.4 is 5.32 Å². The Hall–Kier alpha value is -3.45.